The van der Waals surface area contributed by atoms with Crippen molar-refractivity contribution in [3.05, 3.63) is 29.8 Å². The molecule has 23 heavy (non-hydrogen) atoms. The maximum absolute atomic E-state index is 12.2. The highest BCUT2D eigenvalue weighted by atomic mass is 32.2. The number of rotatable bonds is 7. The predicted molar refractivity (Wildman–Crippen MR) is 96.0 cm³/mol. The highest BCUT2D eigenvalue weighted by Gasteiger charge is 2.17. The molecule has 1 aromatic heterocycles. The van der Waals surface area contributed by atoms with E-state index in [0.717, 1.165) is 20.9 Å². The number of carbonyl (C=O) groups excluding carboxylic acids is 1. The van der Waals surface area contributed by atoms with Crippen LogP contribution in [0.3, 0.4) is 0 Å². The molecule has 1 aromatic carbocycles. The molecule has 8 heteroatoms. The van der Waals surface area contributed by atoms with Crippen molar-refractivity contribution >= 4 is 46.5 Å². The Bertz CT molecular complexity index is 693. The first-order chi connectivity index (χ1) is 11.1. The average molecular weight is 365 g/mol. The number of hydrogen-bond acceptors (Lipinski definition) is 7. The van der Waals surface area contributed by atoms with Crippen LogP contribution in [0.1, 0.15) is 25.8 Å². The van der Waals surface area contributed by atoms with Gasteiger partial charge in [-0.15, -0.1) is 10.2 Å². The molecule has 2 rings (SSSR count). The lowest BCUT2D eigenvalue weighted by Gasteiger charge is -2.10. The number of nitrogens with one attached hydrogen (secondary N) is 1. The second-order valence-corrected chi connectivity index (χ2v) is 8.53. The van der Waals surface area contributed by atoms with Gasteiger partial charge in [0.2, 0.25) is 5.91 Å². The minimum Gasteiger partial charge on any atom is -0.325 e. The van der Waals surface area contributed by atoms with E-state index in [-0.39, 0.29) is 11.2 Å². The Morgan fingerprint density at radius 2 is 2.04 bits per heavy atom. The summed E-state index contributed by atoms with van der Waals surface area (Å²) < 4.78 is 1.74. The Kier molecular flexibility index (Phi) is 6.89. The lowest BCUT2D eigenvalue weighted by atomic mass is 10.2. The van der Waals surface area contributed by atoms with Gasteiger partial charge < -0.3 is 5.32 Å². The molecule has 0 aliphatic rings. The van der Waals surface area contributed by atoms with Crippen molar-refractivity contribution in [1.29, 1.82) is 5.26 Å². The van der Waals surface area contributed by atoms with E-state index in [4.69, 9.17) is 5.26 Å². The fourth-order valence-electron chi connectivity index (χ4n) is 1.57. The number of hydrogen-bond donors (Lipinski definition) is 1. The molecule has 0 aliphatic heterocycles. The first-order valence-corrected chi connectivity index (χ1v) is 9.74. The number of nitrogens with zero attached hydrogens (tertiary/aromatic N) is 3. The second-order valence-electron chi connectivity index (χ2n) is 4.62. The summed E-state index contributed by atoms with van der Waals surface area (Å²) >= 11 is 4.61. The molecule has 0 saturated carbocycles. The van der Waals surface area contributed by atoms with Crippen molar-refractivity contribution in [2.75, 3.05) is 11.1 Å². The zero-order valence-electron chi connectivity index (χ0n) is 12.8. The van der Waals surface area contributed by atoms with Crippen LogP contribution in [-0.4, -0.2) is 27.1 Å². The summed E-state index contributed by atoms with van der Waals surface area (Å²) in [7, 11) is 0. The van der Waals surface area contributed by atoms with Crippen molar-refractivity contribution in [3.63, 3.8) is 0 Å². The van der Waals surface area contributed by atoms with Gasteiger partial charge in [0.15, 0.2) is 8.68 Å². The SMILES string of the molecule is CCCSc1nnc(S[C@@H](C)C(=O)Nc2ccc(C#N)cc2)s1. The lowest BCUT2D eigenvalue weighted by molar-refractivity contribution is -0.115. The summed E-state index contributed by atoms with van der Waals surface area (Å²) in [6, 6.07) is 8.84. The van der Waals surface area contributed by atoms with Crippen LogP contribution in [0.25, 0.3) is 0 Å². The van der Waals surface area contributed by atoms with Crippen LogP contribution in [0.5, 0.6) is 0 Å². The molecule has 1 N–H and O–H groups in total. The van der Waals surface area contributed by atoms with E-state index in [1.165, 1.54) is 23.1 Å². The maximum Gasteiger partial charge on any atom is 0.237 e. The van der Waals surface area contributed by atoms with E-state index in [9.17, 15) is 4.79 Å². The third-order valence-corrected chi connectivity index (χ3v) is 6.19. The van der Waals surface area contributed by atoms with Crippen LogP contribution >= 0.6 is 34.9 Å². The summed E-state index contributed by atoms with van der Waals surface area (Å²) in [5.74, 6) is 0.922. The molecule has 1 atom stereocenters. The molecule has 0 bridgehead atoms. The van der Waals surface area contributed by atoms with Crippen LogP contribution in [0.15, 0.2) is 32.9 Å². The summed E-state index contributed by atoms with van der Waals surface area (Å²) in [4.78, 5) is 12.2. The fourth-order valence-corrected chi connectivity index (χ4v) is 4.66. The third-order valence-electron chi connectivity index (χ3n) is 2.75. The zero-order valence-corrected chi connectivity index (χ0v) is 15.2. The van der Waals surface area contributed by atoms with Crippen molar-refractivity contribution in [2.45, 2.75) is 34.2 Å². The molecule has 0 unspecified atom stereocenters. The van der Waals surface area contributed by atoms with E-state index >= 15 is 0 Å². The predicted octanol–water partition coefficient (Wildman–Crippen LogP) is 4.03. The molecular weight excluding hydrogens is 348 g/mol. The molecule has 1 heterocycles. The molecule has 0 radical (unpaired) electrons. The number of aromatic nitrogens is 2. The molecule has 1 amide bonds. The van der Waals surface area contributed by atoms with Gasteiger partial charge in [0.1, 0.15) is 0 Å². The Balaban J connectivity index is 1.89. The standard InChI is InChI=1S/C15H16N4OS3/c1-3-8-21-14-18-19-15(23-14)22-10(2)13(20)17-12-6-4-11(9-16)5-7-12/h4-7,10H,3,8H2,1-2H3,(H,17,20)/t10-/m0/s1. The number of anilines is 1. The van der Waals surface area contributed by atoms with Gasteiger partial charge in [-0.3, -0.25) is 4.79 Å². The van der Waals surface area contributed by atoms with Gasteiger partial charge in [-0.1, -0.05) is 41.8 Å². The number of carbonyl (C=O) groups is 1. The van der Waals surface area contributed by atoms with Gasteiger partial charge >= 0.3 is 0 Å². The highest BCUT2D eigenvalue weighted by Crippen LogP contribution is 2.31. The molecule has 5 nitrogen and oxygen atoms in total. The van der Waals surface area contributed by atoms with E-state index in [1.807, 2.05) is 13.0 Å². The molecular formula is C15H16N4OS3. The van der Waals surface area contributed by atoms with E-state index < -0.39 is 0 Å². The van der Waals surface area contributed by atoms with Gasteiger partial charge in [0, 0.05) is 11.4 Å². The van der Waals surface area contributed by atoms with E-state index in [2.05, 4.69) is 22.4 Å². The molecule has 0 spiro atoms. The summed E-state index contributed by atoms with van der Waals surface area (Å²) in [6.45, 7) is 3.96. The highest BCUT2D eigenvalue weighted by molar-refractivity contribution is 8.03. The molecule has 0 aliphatic carbocycles. The monoisotopic (exact) mass is 364 g/mol. The van der Waals surface area contributed by atoms with Crippen LogP contribution in [0, 0.1) is 11.3 Å². The maximum atomic E-state index is 12.2. The van der Waals surface area contributed by atoms with Gasteiger partial charge in [-0.2, -0.15) is 5.26 Å². The number of benzene rings is 1. The van der Waals surface area contributed by atoms with E-state index in [1.54, 1.807) is 36.0 Å². The van der Waals surface area contributed by atoms with E-state index in [0.29, 0.717) is 11.3 Å². The normalized spacial score (nSPS) is 11.7. The van der Waals surface area contributed by atoms with Gasteiger partial charge in [-0.05, 0) is 37.6 Å². The average Bonchev–Trinajstić information content (AvgIpc) is 3.01. The minimum absolute atomic E-state index is 0.0994. The zero-order chi connectivity index (χ0) is 16.7. The third kappa shape index (κ3) is 5.53. The fraction of sp³-hybridized carbons (Fsp3) is 0.333. The van der Waals surface area contributed by atoms with Crippen LogP contribution in [0.4, 0.5) is 5.69 Å². The molecule has 0 saturated heterocycles. The second kappa shape index (κ2) is 8.91. The van der Waals surface area contributed by atoms with Gasteiger partial charge in [0.25, 0.3) is 0 Å². The number of nitriles is 1. The van der Waals surface area contributed by atoms with Gasteiger partial charge in [-0.25, -0.2) is 0 Å². The molecule has 120 valence electrons. The van der Waals surface area contributed by atoms with Crippen LogP contribution in [0.2, 0.25) is 0 Å². The summed E-state index contributed by atoms with van der Waals surface area (Å²) in [5.41, 5.74) is 1.24. The van der Waals surface area contributed by atoms with Crippen LogP contribution < -0.4 is 5.32 Å². The Morgan fingerprint density at radius 3 is 2.70 bits per heavy atom. The Morgan fingerprint density at radius 1 is 1.35 bits per heavy atom. The smallest absolute Gasteiger partial charge is 0.237 e. The van der Waals surface area contributed by atoms with Crippen molar-refractivity contribution in [1.82, 2.24) is 10.2 Å². The number of amides is 1. The lowest BCUT2D eigenvalue weighted by Crippen LogP contribution is -2.22. The first-order valence-electron chi connectivity index (χ1n) is 7.06. The minimum atomic E-state index is -0.275. The molecule has 0 fully saturated rings. The Labute approximate surface area is 147 Å². The quantitative estimate of drug-likeness (QED) is 0.747. The summed E-state index contributed by atoms with van der Waals surface area (Å²) in [5, 5.41) is 19.6. The van der Waals surface area contributed by atoms with Crippen molar-refractivity contribution < 1.29 is 4.79 Å². The van der Waals surface area contributed by atoms with Gasteiger partial charge in [0.05, 0.1) is 16.9 Å². The van der Waals surface area contributed by atoms with Crippen molar-refractivity contribution in [3.8, 4) is 6.07 Å². The molecule has 2 aromatic rings. The first kappa shape index (κ1) is 17.8. The van der Waals surface area contributed by atoms with Crippen molar-refractivity contribution in [2.24, 2.45) is 0 Å². The number of thioether (sulfide) groups is 2. The largest absolute Gasteiger partial charge is 0.325 e. The Hall–Kier alpha value is -1.56. The van der Waals surface area contributed by atoms with Crippen LogP contribution in [-0.2, 0) is 4.79 Å². The summed E-state index contributed by atoms with van der Waals surface area (Å²) in [6.07, 6.45) is 1.09. The topological polar surface area (TPSA) is 78.7 Å².